The predicted molar refractivity (Wildman–Crippen MR) is 99.1 cm³/mol. The van der Waals surface area contributed by atoms with Crippen molar-refractivity contribution < 1.29 is 18.0 Å². The summed E-state index contributed by atoms with van der Waals surface area (Å²) in [5, 5.41) is 2.75. The molecular weight excluding hydrogens is 371 g/mol. The fourth-order valence-electron chi connectivity index (χ4n) is 3.04. The summed E-state index contributed by atoms with van der Waals surface area (Å²) >= 11 is 0. The van der Waals surface area contributed by atoms with Crippen molar-refractivity contribution in [3.05, 3.63) is 53.9 Å². The highest BCUT2D eigenvalue weighted by molar-refractivity contribution is 5.94. The maximum atomic E-state index is 12.6. The van der Waals surface area contributed by atoms with Crippen molar-refractivity contribution in [1.29, 1.82) is 0 Å². The van der Waals surface area contributed by atoms with Gasteiger partial charge >= 0.3 is 6.18 Å². The number of carbonyl (C=O) groups excluding carboxylic acids is 1. The first kappa shape index (κ1) is 20.1. The number of hydrogen-bond donors (Lipinski definition) is 1. The lowest BCUT2D eigenvalue weighted by atomic mass is 10.1. The second kappa shape index (κ2) is 9.01. The van der Waals surface area contributed by atoms with Crippen LogP contribution in [0.1, 0.15) is 22.3 Å². The fraction of sp³-hybridized carbons (Fsp3) is 0.421. The van der Waals surface area contributed by atoms with Crippen LogP contribution in [0.15, 0.2) is 42.7 Å². The summed E-state index contributed by atoms with van der Waals surface area (Å²) in [4.78, 5) is 25.0. The molecule has 150 valence electrons. The Kier molecular flexibility index (Phi) is 6.45. The lowest BCUT2D eigenvalue weighted by molar-refractivity contribution is -0.137. The molecule has 0 saturated carbocycles. The zero-order valence-corrected chi connectivity index (χ0v) is 15.3. The van der Waals surface area contributed by atoms with Crippen LogP contribution in [0.2, 0.25) is 0 Å². The molecule has 0 spiro atoms. The van der Waals surface area contributed by atoms with E-state index in [2.05, 4.69) is 25.1 Å². The van der Waals surface area contributed by atoms with Crippen LogP contribution in [0, 0.1) is 0 Å². The second-order valence-electron chi connectivity index (χ2n) is 6.56. The Labute approximate surface area is 161 Å². The lowest BCUT2D eigenvalue weighted by Crippen LogP contribution is -2.47. The minimum absolute atomic E-state index is 0.226. The maximum absolute atomic E-state index is 12.6. The zero-order valence-electron chi connectivity index (χ0n) is 15.3. The summed E-state index contributed by atoms with van der Waals surface area (Å²) in [6, 6.07) is 6.03. The average Bonchev–Trinajstić information content (AvgIpc) is 2.71. The van der Waals surface area contributed by atoms with E-state index in [-0.39, 0.29) is 11.5 Å². The monoisotopic (exact) mass is 393 g/mol. The number of benzene rings is 1. The van der Waals surface area contributed by atoms with Gasteiger partial charge in [-0.25, -0.2) is 9.97 Å². The Balaban J connectivity index is 1.35. The summed E-state index contributed by atoms with van der Waals surface area (Å²) in [5.74, 6) is 0.380. The van der Waals surface area contributed by atoms with Crippen LogP contribution in [-0.2, 0) is 6.18 Å². The van der Waals surface area contributed by atoms with Gasteiger partial charge in [-0.3, -0.25) is 9.69 Å². The number of amides is 1. The van der Waals surface area contributed by atoms with E-state index >= 15 is 0 Å². The van der Waals surface area contributed by atoms with Crippen molar-refractivity contribution in [3.8, 4) is 0 Å². The molecule has 1 aliphatic rings. The van der Waals surface area contributed by atoms with Gasteiger partial charge in [0.1, 0.15) is 0 Å². The smallest absolute Gasteiger partial charge is 0.352 e. The van der Waals surface area contributed by atoms with E-state index in [1.807, 2.05) is 0 Å². The van der Waals surface area contributed by atoms with E-state index in [4.69, 9.17) is 0 Å². The molecule has 1 amide bonds. The number of alkyl halides is 3. The zero-order chi connectivity index (χ0) is 20.0. The highest BCUT2D eigenvalue weighted by Crippen LogP contribution is 2.29. The Bertz CT molecular complexity index is 759. The van der Waals surface area contributed by atoms with Gasteiger partial charge in [-0.05, 0) is 43.3 Å². The Morgan fingerprint density at radius 3 is 2.29 bits per heavy atom. The highest BCUT2D eigenvalue weighted by Gasteiger charge is 2.30. The Hall–Kier alpha value is -2.68. The molecular formula is C19H22F3N5O. The summed E-state index contributed by atoms with van der Waals surface area (Å²) < 4.78 is 37.7. The topological polar surface area (TPSA) is 61.4 Å². The normalized spacial score (nSPS) is 15.5. The van der Waals surface area contributed by atoms with Gasteiger partial charge in [-0.1, -0.05) is 0 Å². The molecule has 1 aromatic heterocycles. The van der Waals surface area contributed by atoms with E-state index in [0.29, 0.717) is 6.54 Å². The molecule has 3 rings (SSSR count). The van der Waals surface area contributed by atoms with Gasteiger partial charge in [0.05, 0.1) is 5.56 Å². The molecule has 0 unspecified atom stereocenters. The molecule has 0 atom stereocenters. The standard InChI is InChI=1S/C19H22F3N5O/c20-19(21,22)16-5-3-15(4-6-16)17(28)23-9-2-10-26-11-13-27(14-12-26)18-24-7-1-8-25-18/h1,3-8H,2,9-14H2,(H,23,28). The number of anilines is 1. The molecule has 0 aliphatic carbocycles. The summed E-state index contributed by atoms with van der Waals surface area (Å²) in [7, 11) is 0. The molecule has 0 bridgehead atoms. The van der Waals surface area contributed by atoms with Gasteiger partial charge < -0.3 is 10.2 Å². The number of halogens is 3. The molecule has 1 N–H and O–H groups in total. The van der Waals surface area contributed by atoms with Crippen LogP contribution >= 0.6 is 0 Å². The van der Waals surface area contributed by atoms with Crippen molar-refractivity contribution in [2.75, 3.05) is 44.2 Å². The van der Waals surface area contributed by atoms with Crippen LogP contribution in [0.5, 0.6) is 0 Å². The first-order valence-electron chi connectivity index (χ1n) is 9.13. The van der Waals surface area contributed by atoms with Crippen LogP contribution in [0.4, 0.5) is 19.1 Å². The van der Waals surface area contributed by atoms with Crippen molar-refractivity contribution in [1.82, 2.24) is 20.2 Å². The van der Waals surface area contributed by atoms with Crippen LogP contribution in [0.25, 0.3) is 0 Å². The van der Waals surface area contributed by atoms with Gasteiger partial charge in [0, 0.05) is 50.7 Å². The van der Waals surface area contributed by atoms with E-state index < -0.39 is 11.7 Å². The van der Waals surface area contributed by atoms with Crippen molar-refractivity contribution in [2.24, 2.45) is 0 Å². The predicted octanol–water partition coefficient (Wildman–Crippen LogP) is 2.44. The third-order valence-electron chi connectivity index (χ3n) is 4.62. The molecule has 28 heavy (non-hydrogen) atoms. The van der Waals surface area contributed by atoms with Gasteiger partial charge in [0.25, 0.3) is 5.91 Å². The highest BCUT2D eigenvalue weighted by atomic mass is 19.4. The molecule has 6 nitrogen and oxygen atoms in total. The van der Waals surface area contributed by atoms with Crippen LogP contribution < -0.4 is 10.2 Å². The van der Waals surface area contributed by atoms with Gasteiger partial charge in [-0.15, -0.1) is 0 Å². The molecule has 1 saturated heterocycles. The van der Waals surface area contributed by atoms with Crippen molar-refractivity contribution in [3.63, 3.8) is 0 Å². The quantitative estimate of drug-likeness (QED) is 0.764. The van der Waals surface area contributed by atoms with Crippen LogP contribution in [0.3, 0.4) is 0 Å². The van der Waals surface area contributed by atoms with Crippen molar-refractivity contribution in [2.45, 2.75) is 12.6 Å². The number of piperazine rings is 1. The average molecular weight is 393 g/mol. The van der Waals surface area contributed by atoms with E-state index in [1.54, 1.807) is 18.5 Å². The summed E-state index contributed by atoms with van der Waals surface area (Å²) in [6.07, 6.45) is -0.165. The van der Waals surface area contributed by atoms with E-state index in [0.717, 1.165) is 57.2 Å². The largest absolute Gasteiger partial charge is 0.416 e. The molecule has 2 heterocycles. The fourth-order valence-corrected chi connectivity index (χ4v) is 3.04. The number of rotatable bonds is 6. The number of nitrogens with zero attached hydrogens (tertiary/aromatic N) is 4. The third-order valence-corrected chi connectivity index (χ3v) is 4.62. The maximum Gasteiger partial charge on any atom is 0.416 e. The van der Waals surface area contributed by atoms with Gasteiger partial charge in [0.2, 0.25) is 5.95 Å². The second-order valence-corrected chi connectivity index (χ2v) is 6.56. The number of aromatic nitrogens is 2. The molecule has 2 aromatic rings. The third kappa shape index (κ3) is 5.41. The van der Waals surface area contributed by atoms with Crippen LogP contribution in [-0.4, -0.2) is 60.0 Å². The SMILES string of the molecule is O=C(NCCCN1CCN(c2ncccn2)CC1)c1ccc(C(F)(F)F)cc1. The minimum atomic E-state index is -4.40. The summed E-state index contributed by atoms with van der Waals surface area (Å²) in [5.41, 5.74) is -0.534. The minimum Gasteiger partial charge on any atom is -0.352 e. The first-order chi connectivity index (χ1) is 13.4. The number of nitrogens with one attached hydrogen (secondary N) is 1. The molecule has 1 aromatic carbocycles. The molecule has 1 aliphatic heterocycles. The first-order valence-corrected chi connectivity index (χ1v) is 9.13. The van der Waals surface area contributed by atoms with E-state index in [1.165, 1.54) is 12.1 Å². The van der Waals surface area contributed by atoms with E-state index in [9.17, 15) is 18.0 Å². The number of carbonyl (C=O) groups is 1. The Morgan fingerprint density at radius 1 is 1.04 bits per heavy atom. The molecule has 0 radical (unpaired) electrons. The molecule has 1 fully saturated rings. The lowest BCUT2D eigenvalue weighted by Gasteiger charge is -2.34. The van der Waals surface area contributed by atoms with Crippen molar-refractivity contribution >= 4 is 11.9 Å². The summed E-state index contributed by atoms with van der Waals surface area (Å²) in [6.45, 7) is 4.80. The molecule has 9 heteroatoms. The van der Waals surface area contributed by atoms with Gasteiger partial charge in [-0.2, -0.15) is 13.2 Å². The van der Waals surface area contributed by atoms with Gasteiger partial charge in [0.15, 0.2) is 0 Å². The number of hydrogen-bond acceptors (Lipinski definition) is 5. The Morgan fingerprint density at radius 2 is 1.68 bits per heavy atom.